The van der Waals surface area contributed by atoms with Gasteiger partial charge in [-0.1, -0.05) is 48.5 Å². The molecule has 0 saturated carbocycles. The van der Waals surface area contributed by atoms with Crippen LogP contribution in [-0.4, -0.2) is 42.0 Å². The smallest absolute Gasteiger partial charge is 0.123 e. The Hall–Kier alpha value is -1.88. The monoisotopic (exact) mass is 357 g/mol. The third-order valence-corrected chi connectivity index (χ3v) is 4.01. The highest BCUT2D eigenvalue weighted by Crippen LogP contribution is 2.21. The van der Waals surface area contributed by atoms with Gasteiger partial charge in [0.1, 0.15) is 5.75 Å². The summed E-state index contributed by atoms with van der Waals surface area (Å²) in [7, 11) is 1.69. The lowest BCUT2D eigenvalue weighted by Crippen LogP contribution is -2.36. The Balaban J connectivity index is 2.08. The maximum atomic E-state index is 10.5. The van der Waals surface area contributed by atoms with Crippen LogP contribution in [0.5, 0.6) is 5.75 Å². The van der Waals surface area contributed by atoms with Crippen LogP contribution < -0.4 is 4.74 Å². The third-order valence-electron chi connectivity index (χ3n) is 4.01. The molecule has 0 amide bonds. The quantitative estimate of drug-likeness (QED) is 0.740. The van der Waals surface area contributed by atoms with Gasteiger partial charge < -0.3 is 14.6 Å². The van der Waals surface area contributed by atoms with Crippen molar-refractivity contribution in [1.82, 2.24) is 4.90 Å². The second-order valence-electron chi connectivity index (χ2n) is 7.54. The first-order chi connectivity index (χ1) is 12.4. The molecule has 0 heterocycles. The second-order valence-corrected chi connectivity index (χ2v) is 7.54. The molecule has 26 heavy (non-hydrogen) atoms. The van der Waals surface area contributed by atoms with E-state index in [2.05, 4.69) is 23.1 Å². The zero-order chi connectivity index (χ0) is 19.0. The number of hydrogen-bond donors (Lipinski definition) is 1. The number of hydrogen-bond acceptors (Lipinski definition) is 4. The number of ether oxygens (including phenoxy) is 2. The summed E-state index contributed by atoms with van der Waals surface area (Å²) in [6.45, 7) is 8.30. The summed E-state index contributed by atoms with van der Waals surface area (Å²) in [5, 5.41) is 10.5. The molecule has 0 fully saturated rings. The molecule has 0 saturated heterocycles. The molecule has 142 valence electrons. The summed E-state index contributed by atoms with van der Waals surface area (Å²) in [4.78, 5) is 2.23. The topological polar surface area (TPSA) is 41.9 Å². The zero-order valence-corrected chi connectivity index (χ0v) is 16.3. The maximum absolute atomic E-state index is 10.5. The molecule has 0 aliphatic rings. The normalized spacial score (nSPS) is 13.0. The van der Waals surface area contributed by atoms with E-state index in [0.717, 1.165) is 17.9 Å². The van der Waals surface area contributed by atoms with Gasteiger partial charge in [0.2, 0.25) is 0 Å². The van der Waals surface area contributed by atoms with Crippen LogP contribution in [0.25, 0.3) is 0 Å². The standard InChI is InChI=1S/C22H31NO3/c1-22(2,3)26-17-20(24)16-23(14-18-10-6-5-7-11-18)15-19-12-8-9-13-21(19)25-4/h5-13,20,24H,14-17H2,1-4H3/t20-/m1/s1. The maximum Gasteiger partial charge on any atom is 0.123 e. The van der Waals surface area contributed by atoms with Gasteiger partial charge in [-0.05, 0) is 32.4 Å². The molecule has 1 atom stereocenters. The summed E-state index contributed by atoms with van der Waals surface area (Å²) < 4.78 is 11.2. The van der Waals surface area contributed by atoms with Crippen molar-refractivity contribution in [2.75, 3.05) is 20.3 Å². The Morgan fingerprint density at radius 3 is 2.27 bits per heavy atom. The highest BCUT2D eigenvalue weighted by Gasteiger charge is 2.18. The van der Waals surface area contributed by atoms with E-state index in [4.69, 9.17) is 9.47 Å². The lowest BCUT2D eigenvalue weighted by molar-refractivity contribution is -0.0573. The van der Waals surface area contributed by atoms with Crippen LogP contribution in [0.1, 0.15) is 31.9 Å². The minimum Gasteiger partial charge on any atom is -0.496 e. The number of para-hydroxylation sites is 1. The fourth-order valence-electron chi connectivity index (χ4n) is 2.80. The molecule has 2 aromatic carbocycles. The van der Waals surface area contributed by atoms with E-state index >= 15 is 0 Å². The van der Waals surface area contributed by atoms with Crippen molar-refractivity contribution < 1.29 is 14.6 Å². The van der Waals surface area contributed by atoms with Crippen molar-refractivity contribution in [2.24, 2.45) is 0 Å². The minimum absolute atomic E-state index is 0.256. The van der Waals surface area contributed by atoms with Gasteiger partial charge in [-0.25, -0.2) is 0 Å². The van der Waals surface area contributed by atoms with E-state index in [0.29, 0.717) is 19.7 Å². The van der Waals surface area contributed by atoms with Crippen LogP contribution in [0.2, 0.25) is 0 Å². The Labute approximate surface area is 157 Å². The molecular weight excluding hydrogens is 326 g/mol. The van der Waals surface area contributed by atoms with Crippen molar-refractivity contribution in [3.8, 4) is 5.75 Å². The van der Waals surface area contributed by atoms with E-state index in [-0.39, 0.29) is 5.60 Å². The number of aliphatic hydroxyl groups is 1. The zero-order valence-electron chi connectivity index (χ0n) is 16.3. The first-order valence-electron chi connectivity index (χ1n) is 9.07. The largest absolute Gasteiger partial charge is 0.496 e. The summed E-state index contributed by atoms with van der Waals surface area (Å²) in [5.41, 5.74) is 2.06. The fraction of sp³-hybridized carbons (Fsp3) is 0.455. The van der Waals surface area contributed by atoms with Crippen molar-refractivity contribution in [3.63, 3.8) is 0 Å². The lowest BCUT2D eigenvalue weighted by atomic mass is 10.1. The minimum atomic E-state index is -0.548. The van der Waals surface area contributed by atoms with Crippen LogP contribution in [0.15, 0.2) is 54.6 Å². The lowest BCUT2D eigenvalue weighted by Gasteiger charge is -2.28. The van der Waals surface area contributed by atoms with E-state index in [1.165, 1.54) is 5.56 Å². The number of methoxy groups -OCH3 is 1. The van der Waals surface area contributed by atoms with Crippen LogP contribution in [0.4, 0.5) is 0 Å². The van der Waals surface area contributed by atoms with E-state index < -0.39 is 6.10 Å². The van der Waals surface area contributed by atoms with Gasteiger partial charge in [-0.2, -0.15) is 0 Å². The second kappa shape index (κ2) is 9.72. The molecule has 0 unspecified atom stereocenters. The highest BCUT2D eigenvalue weighted by atomic mass is 16.5. The van der Waals surface area contributed by atoms with E-state index in [9.17, 15) is 5.11 Å². The Morgan fingerprint density at radius 2 is 1.62 bits per heavy atom. The molecule has 0 aliphatic heterocycles. The van der Waals surface area contributed by atoms with Crippen molar-refractivity contribution in [2.45, 2.75) is 45.6 Å². The van der Waals surface area contributed by atoms with Gasteiger partial charge in [-0.3, -0.25) is 4.90 Å². The molecule has 0 aliphatic carbocycles. The number of nitrogens with zero attached hydrogens (tertiary/aromatic N) is 1. The predicted molar refractivity (Wildman–Crippen MR) is 105 cm³/mol. The van der Waals surface area contributed by atoms with Gasteiger partial charge in [0.15, 0.2) is 0 Å². The molecule has 0 bridgehead atoms. The Morgan fingerprint density at radius 1 is 0.962 bits per heavy atom. The summed E-state index contributed by atoms with van der Waals surface area (Å²) in [6, 6.07) is 18.3. The number of aliphatic hydroxyl groups excluding tert-OH is 1. The number of rotatable bonds is 9. The van der Waals surface area contributed by atoms with Gasteiger partial charge in [-0.15, -0.1) is 0 Å². The molecule has 2 aromatic rings. The Kier molecular flexibility index (Phi) is 7.64. The Bertz CT molecular complexity index is 652. The first-order valence-corrected chi connectivity index (χ1v) is 9.07. The molecule has 0 spiro atoms. The third kappa shape index (κ3) is 7.16. The van der Waals surface area contributed by atoms with Crippen molar-refractivity contribution in [1.29, 1.82) is 0 Å². The summed E-state index contributed by atoms with van der Waals surface area (Å²) >= 11 is 0. The van der Waals surface area contributed by atoms with Crippen LogP contribution >= 0.6 is 0 Å². The van der Waals surface area contributed by atoms with E-state index in [1.807, 2.05) is 57.2 Å². The average molecular weight is 357 g/mol. The van der Waals surface area contributed by atoms with Crippen LogP contribution in [-0.2, 0) is 17.8 Å². The van der Waals surface area contributed by atoms with Gasteiger partial charge in [0.05, 0.1) is 25.4 Å². The molecule has 0 radical (unpaired) electrons. The van der Waals surface area contributed by atoms with Gasteiger partial charge in [0, 0.05) is 25.2 Å². The van der Waals surface area contributed by atoms with Crippen LogP contribution in [0, 0.1) is 0 Å². The van der Waals surface area contributed by atoms with Crippen LogP contribution in [0.3, 0.4) is 0 Å². The summed E-state index contributed by atoms with van der Waals surface area (Å²) in [5.74, 6) is 0.867. The molecule has 4 nitrogen and oxygen atoms in total. The van der Waals surface area contributed by atoms with Crippen molar-refractivity contribution in [3.05, 3.63) is 65.7 Å². The van der Waals surface area contributed by atoms with Gasteiger partial charge in [0.25, 0.3) is 0 Å². The average Bonchev–Trinajstić information content (AvgIpc) is 2.61. The molecule has 0 aromatic heterocycles. The highest BCUT2D eigenvalue weighted by molar-refractivity contribution is 5.33. The van der Waals surface area contributed by atoms with E-state index in [1.54, 1.807) is 7.11 Å². The fourth-order valence-corrected chi connectivity index (χ4v) is 2.80. The molecule has 1 N–H and O–H groups in total. The molecule has 4 heteroatoms. The van der Waals surface area contributed by atoms with Gasteiger partial charge >= 0.3 is 0 Å². The molecular formula is C22H31NO3. The SMILES string of the molecule is COc1ccccc1CN(Cc1ccccc1)C[C@@H](O)COC(C)(C)C. The predicted octanol–water partition coefficient (Wildman–Crippen LogP) is 3.87. The first kappa shape index (κ1) is 20.4. The van der Waals surface area contributed by atoms with Crippen molar-refractivity contribution >= 4 is 0 Å². The number of benzene rings is 2. The summed E-state index contributed by atoms with van der Waals surface area (Å²) in [6.07, 6.45) is -0.548. The molecule has 2 rings (SSSR count).